The molecule has 0 N–H and O–H groups in total. The lowest BCUT2D eigenvalue weighted by atomic mass is 9.99. The third-order valence-electron chi connectivity index (χ3n) is 5.18. The number of halogens is 2. The maximum absolute atomic E-state index is 6.14. The summed E-state index contributed by atoms with van der Waals surface area (Å²) in [4.78, 5) is 2.47. The van der Waals surface area contributed by atoms with Gasteiger partial charge in [-0.2, -0.15) is 0 Å². The van der Waals surface area contributed by atoms with Gasteiger partial charge in [-0.15, -0.1) is 23.5 Å². The number of hydrogen-bond acceptors (Lipinski definition) is 3. The molecular weight excluding hydrogens is 425 g/mol. The predicted octanol–water partition coefficient (Wildman–Crippen LogP) is 7.22. The normalized spacial score (nSPS) is 17.6. The number of hydrogen-bond donors (Lipinski definition) is 0. The molecular formula is C23H29Cl2NS2. The Morgan fingerprint density at radius 2 is 1.54 bits per heavy atom. The molecule has 1 aliphatic rings. The topological polar surface area (TPSA) is 3.24 Å². The average molecular weight is 455 g/mol. The summed E-state index contributed by atoms with van der Waals surface area (Å²) in [5, 5.41) is 1.63. The molecule has 0 saturated carbocycles. The molecule has 152 valence electrons. The molecule has 3 rings (SSSR count). The second-order valence-electron chi connectivity index (χ2n) is 7.76. The zero-order valence-electron chi connectivity index (χ0n) is 16.7. The second kappa shape index (κ2) is 10.6. The van der Waals surface area contributed by atoms with E-state index in [0.717, 1.165) is 29.6 Å². The van der Waals surface area contributed by atoms with Gasteiger partial charge in [-0.05, 0) is 79.1 Å². The highest BCUT2D eigenvalue weighted by Crippen LogP contribution is 2.54. The Morgan fingerprint density at radius 3 is 2.14 bits per heavy atom. The van der Waals surface area contributed by atoms with E-state index >= 15 is 0 Å². The van der Waals surface area contributed by atoms with Gasteiger partial charge >= 0.3 is 0 Å². The molecule has 2 aromatic carbocycles. The predicted molar refractivity (Wildman–Crippen MR) is 129 cm³/mol. The van der Waals surface area contributed by atoms with Crippen molar-refractivity contribution in [2.24, 2.45) is 5.92 Å². The lowest BCUT2D eigenvalue weighted by molar-refractivity contribution is 0.278. The van der Waals surface area contributed by atoms with Gasteiger partial charge in [0.05, 0.1) is 4.08 Å². The van der Waals surface area contributed by atoms with E-state index in [0.29, 0.717) is 5.92 Å². The van der Waals surface area contributed by atoms with Crippen LogP contribution in [0.15, 0.2) is 48.5 Å². The van der Waals surface area contributed by atoms with Crippen LogP contribution >= 0.6 is 46.7 Å². The van der Waals surface area contributed by atoms with Crippen LogP contribution in [-0.4, -0.2) is 36.5 Å². The van der Waals surface area contributed by atoms with E-state index in [9.17, 15) is 0 Å². The molecule has 0 amide bonds. The minimum Gasteiger partial charge on any atom is -0.306 e. The van der Waals surface area contributed by atoms with Crippen LogP contribution in [0, 0.1) is 5.92 Å². The quantitative estimate of drug-likeness (QED) is 0.415. The first kappa shape index (κ1) is 22.4. The monoisotopic (exact) mass is 453 g/mol. The van der Waals surface area contributed by atoms with Crippen LogP contribution in [0.1, 0.15) is 30.9 Å². The van der Waals surface area contributed by atoms with Crippen LogP contribution in [0.4, 0.5) is 0 Å². The van der Waals surface area contributed by atoms with Crippen LogP contribution in [0.5, 0.6) is 0 Å². The first-order valence-electron chi connectivity index (χ1n) is 9.94. The highest BCUT2D eigenvalue weighted by Gasteiger charge is 2.37. The molecule has 0 radical (unpaired) electrons. The van der Waals surface area contributed by atoms with Gasteiger partial charge in [0.2, 0.25) is 0 Å². The number of thioether (sulfide) groups is 2. The number of likely N-dealkylation sites (N-methyl/N-ethyl adjacent to an activating group) is 1. The molecule has 1 aliphatic heterocycles. The van der Waals surface area contributed by atoms with Crippen molar-refractivity contribution in [3.05, 3.63) is 69.7 Å². The second-order valence-corrected chi connectivity index (χ2v) is 11.7. The third-order valence-corrected chi connectivity index (χ3v) is 9.11. The minimum atomic E-state index is 0.166. The number of benzene rings is 2. The molecule has 1 heterocycles. The molecule has 1 unspecified atom stereocenters. The van der Waals surface area contributed by atoms with E-state index in [1.807, 2.05) is 24.3 Å². The van der Waals surface area contributed by atoms with Gasteiger partial charge in [0.15, 0.2) is 0 Å². The van der Waals surface area contributed by atoms with Gasteiger partial charge in [-0.1, -0.05) is 54.4 Å². The fourth-order valence-electron chi connectivity index (χ4n) is 3.80. The van der Waals surface area contributed by atoms with Gasteiger partial charge in [0.25, 0.3) is 0 Å². The highest BCUT2D eigenvalue weighted by atomic mass is 35.5. The van der Waals surface area contributed by atoms with Crippen molar-refractivity contribution < 1.29 is 0 Å². The van der Waals surface area contributed by atoms with Gasteiger partial charge in [-0.3, -0.25) is 0 Å². The fourth-order valence-corrected chi connectivity index (χ4v) is 7.71. The SMILES string of the molecule is CC(CN(C)CCc1ccc(Cl)cc1)CC1(c2ccc(Cl)cc2)SCCCS1. The van der Waals surface area contributed by atoms with Crippen LogP contribution in [0.2, 0.25) is 10.0 Å². The first-order valence-corrected chi connectivity index (χ1v) is 12.7. The first-order chi connectivity index (χ1) is 13.5. The van der Waals surface area contributed by atoms with E-state index in [4.69, 9.17) is 23.2 Å². The van der Waals surface area contributed by atoms with Gasteiger partial charge < -0.3 is 4.90 Å². The molecule has 1 saturated heterocycles. The summed E-state index contributed by atoms with van der Waals surface area (Å²) in [5.74, 6) is 3.12. The summed E-state index contributed by atoms with van der Waals surface area (Å²) < 4.78 is 0.166. The molecule has 1 atom stereocenters. The summed E-state index contributed by atoms with van der Waals surface area (Å²) in [6.45, 7) is 4.58. The lowest BCUT2D eigenvalue weighted by Crippen LogP contribution is -2.32. The zero-order valence-corrected chi connectivity index (χ0v) is 19.8. The van der Waals surface area contributed by atoms with Crippen LogP contribution in [0.3, 0.4) is 0 Å². The fraction of sp³-hybridized carbons (Fsp3) is 0.478. The van der Waals surface area contributed by atoms with Gasteiger partial charge in [0, 0.05) is 23.1 Å². The van der Waals surface area contributed by atoms with Crippen molar-refractivity contribution in [2.75, 3.05) is 31.6 Å². The third kappa shape index (κ3) is 6.34. The van der Waals surface area contributed by atoms with Crippen LogP contribution in [0.25, 0.3) is 0 Å². The average Bonchev–Trinajstić information content (AvgIpc) is 2.68. The molecule has 0 bridgehead atoms. The summed E-state index contributed by atoms with van der Waals surface area (Å²) in [7, 11) is 2.24. The van der Waals surface area contributed by atoms with Crippen molar-refractivity contribution in [3.63, 3.8) is 0 Å². The molecule has 1 nitrogen and oxygen atoms in total. The smallest absolute Gasteiger partial charge is 0.0863 e. The Bertz CT molecular complexity index is 727. The van der Waals surface area contributed by atoms with Crippen molar-refractivity contribution in [2.45, 2.75) is 30.3 Å². The summed E-state index contributed by atoms with van der Waals surface area (Å²) in [6, 6.07) is 16.7. The molecule has 0 aromatic heterocycles. The van der Waals surface area contributed by atoms with E-state index in [1.165, 1.54) is 35.5 Å². The molecule has 5 heteroatoms. The van der Waals surface area contributed by atoms with Gasteiger partial charge in [-0.25, -0.2) is 0 Å². The van der Waals surface area contributed by atoms with E-state index < -0.39 is 0 Å². The molecule has 28 heavy (non-hydrogen) atoms. The van der Waals surface area contributed by atoms with Crippen LogP contribution < -0.4 is 0 Å². The van der Waals surface area contributed by atoms with Crippen molar-refractivity contribution in [1.82, 2.24) is 4.90 Å². The standard InChI is InChI=1S/C23H29Cl2NS2/c1-18(17-26(2)13-12-19-4-8-21(24)9-5-19)16-23(27-14-3-15-28-23)20-6-10-22(25)11-7-20/h4-11,18H,3,12-17H2,1-2H3. The molecule has 2 aromatic rings. The Labute approximate surface area is 188 Å². The Hall–Kier alpha value is -0.320. The summed E-state index contributed by atoms with van der Waals surface area (Å²) in [6.07, 6.45) is 3.56. The van der Waals surface area contributed by atoms with Gasteiger partial charge in [0.1, 0.15) is 0 Å². The Morgan fingerprint density at radius 1 is 0.964 bits per heavy atom. The largest absolute Gasteiger partial charge is 0.306 e. The summed E-state index contributed by atoms with van der Waals surface area (Å²) in [5.41, 5.74) is 2.77. The van der Waals surface area contributed by atoms with Crippen LogP contribution in [-0.2, 0) is 10.5 Å². The summed E-state index contributed by atoms with van der Waals surface area (Å²) >= 11 is 16.4. The molecule has 1 fully saturated rings. The Kier molecular flexibility index (Phi) is 8.49. The molecule has 0 aliphatic carbocycles. The number of rotatable bonds is 8. The minimum absolute atomic E-state index is 0.166. The maximum atomic E-state index is 6.14. The Balaban J connectivity index is 1.57. The van der Waals surface area contributed by atoms with E-state index in [-0.39, 0.29) is 4.08 Å². The van der Waals surface area contributed by atoms with Crippen molar-refractivity contribution in [1.29, 1.82) is 0 Å². The number of nitrogens with zero attached hydrogens (tertiary/aromatic N) is 1. The molecule has 0 spiro atoms. The highest BCUT2D eigenvalue weighted by molar-refractivity contribution is 8.18. The van der Waals surface area contributed by atoms with Crippen molar-refractivity contribution in [3.8, 4) is 0 Å². The lowest BCUT2D eigenvalue weighted by Gasteiger charge is -2.39. The zero-order chi connectivity index (χ0) is 20.0. The van der Waals surface area contributed by atoms with E-state index in [2.05, 4.69) is 66.7 Å². The van der Waals surface area contributed by atoms with E-state index in [1.54, 1.807) is 0 Å². The maximum Gasteiger partial charge on any atom is 0.0863 e. The van der Waals surface area contributed by atoms with Crippen molar-refractivity contribution >= 4 is 46.7 Å².